The van der Waals surface area contributed by atoms with Gasteiger partial charge in [0, 0.05) is 19.5 Å². The molecule has 0 aliphatic carbocycles. The number of hydrogen-bond acceptors (Lipinski definition) is 1. The Balaban J connectivity index is 1.84. The Morgan fingerprint density at radius 1 is 0.938 bits per heavy atom. The Morgan fingerprint density at radius 3 is 2.62 bits per heavy atom. The zero-order chi connectivity index (χ0) is 11.2. The Labute approximate surface area is 101 Å². The van der Waals surface area contributed by atoms with Gasteiger partial charge in [-0.2, -0.15) is 0 Å². The maximum Gasteiger partial charge on any atom is 0.133 e. The normalized spacial score (nSPS) is 38.4. The third-order valence-electron chi connectivity index (χ3n) is 4.25. The molecule has 2 heteroatoms. The largest absolute Gasteiger partial charge is 0.322 e. The average Bonchev–Trinajstić information content (AvgIpc) is 2.27. The molecule has 94 valence electrons. The van der Waals surface area contributed by atoms with Gasteiger partial charge in [0.2, 0.25) is 0 Å². The highest BCUT2D eigenvalue weighted by Crippen LogP contribution is 2.13. The number of hydrogen-bond donors (Lipinski definition) is 1. The summed E-state index contributed by atoms with van der Waals surface area (Å²) in [6.45, 7) is 9.32. The molecule has 2 unspecified atom stereocenters. The smallest absolute Gasteiger partial charge is 0.133 e. The van der Waals surface area contributed by atoms with Crippen molar-refractivity contribution in [1.82, 2.24) is 4.90 Å². The second kappa shape index (κ2) is 6.61. The molecule has 0 saturated carbocycles. The van der Waals surface area contributed by atoms with E-state index < -0.39 is 0 Å². The summed E-state index contributed by atoms with van der Waals surface area (Å²) >= 11 is 0. The van der Waals surface area contributed by atoms with E-state index in [9.17, 15) is 0 Å². The molecule has 0 amide bonds. The SMILES string of the molecule is C[C@H]1CCCCCCC[NH+]2CCCN(C1)C2. The summed E-state index contributed by atoms with van der Waals surface area (Å²) in [6.07, 6.45) is 10.2. The number of nitrogens with zero attached hydrogens (tertiary/aromatic N) is 1. The van der Waals surface area contributed by atoms with E-state index in [1.165, 1.54) is 77.8 Å². The van der Waals surface area contributed by atoms with E-state index in [0.717, 1.165) is 5.92 Å². The van der Waals surface area contributed by atoms with Gasteiger partial charge in [0.15, 0.2) is 0 Å². The van der Waals surface area contributed by atoms with E-state index in [0.29, 0.717) is 0 Å². The van der Waals surface area contributed by atoms with Gasteiger partial charge >= 0.3 is 0 Å². The van der Waals surface area contributed by atoms with Crippen LogP contribution in [0.25, 0.3) is 0 Å². The first kappa shape index (κ1) is 12.4. The van der Waals surface area contributed by atoms with Crippen LogP contribution in [0.5, 0.6) is 0 Å². The molecule has 2 nitrogen and oxygen atoms in total. The van der Waals surface area contributed by atoms with Gasteiger partial charge in [0.1, 0.15) is 6.67 Å². The standard InChI is InChI=1S/C14H28N2/c1-14-8-5-3-2-4-6-9-15-10-7-11-16(12-14)13-15/h14H,2-13H2,1H3/p+1/t14-/m0/s1. The van der Waals surface area contributed by atoms with Gasteiger partial charge in [-0.1, -0.05) is 26.2 Å². The first-order valence-corrected chi connectivity index (χ1v) is 7.40. The maximum absolute atomic E-state index is 2.71. The first-order chi connectivity index (χ1) is 7.84. The Morgan fingerprint density at radius 2 is 1.69 bits per heavy atom. The van der Waals surface area contributed by atoms with Crippen LogP contribution in [0.4, 0.5) is 0 Å². The van der Waals surface area contributed by atoms with Crippen molar-refractivity contribution in [3.8, 4) is 0 Å². The van der Waals surface area contributed by atoms with Gasteiger partial charge < -0.3 is 4.90 Å². The van der Waals surface area contributed by atoms with Crippen molar-refractivity contribution in [2.24, 2.45) is 5.92 Å². The Hall–Kier alpha value is -0.0800. The van der Waals surface area contributed by atoms with Crippen LogP contribution < -0.4 is 4.90 Å². The molecular weight excluding hydrogens is 196 g/mol. The van der Waals surface area contributed by atoms with Crippen LogP contribution in [0.1, 0.15) is 51.9 Å². The van der Waals surface area contributed by atoms with Crippen LogP contribution >= 0.6 is 0 Å². The van der Waals surface area contributed by atoms with E-state index in [4.69, 9.17) is 0 Å². The monoisotopic (exact) mass is 225 g/mol. The number of quaternary nitrogens is 1. The number of fused-ring (bicyclic) bond motifs is 2. The van der Waals surface area contributed by atoms with Crippen molar-refractivity contribution in [1.29, 1.82) is 0 Å². The molecule has 2 saturated heterocycles. The zero-order valence-electron chi connectivity index (χ0n) is 11.0. The molecule has 16 heavy (non-hydrogen) atoms. The lowest BCUT2D eigenvalue weighted by Crippen LogP contribution is -3.14. The van der Waals surface area contributed by atoms with Crippen molar-refractivity contribution in [3.05, 3.63) is 0 Å². The minimum absolute atomic E-state index is 0.916. The molecule has 2 fully saturated rings. The number of rotatable bonds is 0. The van der Waals surface area contributed by atoms with Crippen LogP contribution in [0.15, 0.2) is 0 Å². The minimum Gasteiger partial charge on any atom is -0.322 e. The minimum atomic E-state index is 0.916. The molecule has 0 spiro atoms. The molecular formula is C14H29N2+. The van der Waals surface area contributed by atoms with E-state index in [1.807, 2.05) is 4.90 Å². The summed E-state index contributed by atoms with van der Waals surface area (Å²) in [6, 6.07) is 0. The summed E-state index contributed by atoms with van der Waals surface area (Å²) in [7, 11) is 0. The highest BCUT2D eigenvalue weighted by Gasteiger charge is 2.21. The second-order valence-corrected chi connectivity index (χ2v) is 6.00. The van der Waals surface area contributed by atoms with Gasteiger partial charge in [-0.25, -0.2) is 0 Å². The molecule has 3 atom stereocenters. The van der Waals surface area contributed by atoms with Gasteiger partial charge in [0.05, 0.1) is 13.1 Å². The van der Waals surface area contributed by atoms with E-state index in [1.54, 1.807) is 0 Å². The summed E-state index contributed by atoms with van der Waals surface area (Å²) in [4.78, 5) is 4.56. The lowest BCUT2D eigenvalue weighted by Gasteiger charge is -2.34. The fraction of sp³-hybridized carbons (Fsp3) is 1.00. The predicted molar refractivity (Wildman–Crippen MR) is 68.6 cm³/mol. The maximum atomic E-state index is 2.71. The molecule has 2 rings (SSSR count). The van der Waals surface area contributed by atoms with E-state index in [-0.39, 0.29) is 0 Å². The topological polar surface area (TPSA) is 7.68 Å². The molecule has 0 radical (unpaired) electrons. The van der Waals surface area contributed by atoms with Crippen LogP contribution in [-0.2, 0) is 0 Å². The summed E-state index contributed by atoms with van der Waals surface area (Å²) < 4.78 is 0. The van der Waals surface area contributed by atoms with Gasteiger partial charge in [-0.3, -0.25) is 4.90 Å². The van der Waals surface area contributed by atoms with Crippen LogP contribution in [0.2, 0.25) is 0 Å². The molecule has 0 aromatic heterocycles. The van der Waals surface area contributed by atoms with Gasteiger partial charge in [-0.05, 0) is 25.2 Å². The molecule has 0 aromatic carbocycles. The van der Waals surface area contributed by atoms with Crippen molar-refractivity contribution in [2.45, 2.75) is 51.9 Å². The Kier molecular flexibility index (Phi) is 5.11. The fourth-order valence-corrected chi connectivity index (χ4v) is 3.32. The quantitative estimate of drug-likeness (QED) is 0.657. The lowest BCUT2D eigenvalue weighted by atomic mass is 10.0. The average molecular weight is 225 g/mol. The van der Waals surface area contributed by atoms with Crippen LogP contribution in [0, 0.1) is 5.92 Å². The first-order valence-electron chi connectivity index (χ1n) is 7.40. The summed E-state index contributed by atoms with van der Waals surface area (Å²) in [5, 5.41) is 0. The van der Waals surface area contributed by atoms with Crippen molar-refractivity contribution < 1.29 is 4.90 Å². The Bertz CT molecular complexity index is 191. The molecule has 1 N–H and O–H groups in total. The zero-order valence-corrected chi connectivity index (χ0v) is 11.0. The molecule has 2 bridgehead atoms. The van der Waals surface area contributed by atoms with Crippen molar-refractivity contribution in [3.63, 3.8) is 0 Å². The van der Waals surface area contributed by atoms with Crippen LogP contribution in [-0.4, -0.2) is 37.7 Å². The van der Waals surface area contributed by atoms with Crippen molar-refractivity contribution in [2.75, 3.05) is 32.8 Å². The van der Waals surface area contributed by atoms with Crippen molar-refractivity contribution >= 4 is 0 Å². The third-order valence-corrected chi connectivity index (χ3v) is 4.25. The lowest BCUT2D eigenvalue weighted by molar-refractivity contribution is -0.916. The molecule has 2 aliphatic heterocycles. The van der Waals surface area contributed by atoms with Gasteiger partial charge in [-0.15, -0.1) is 0 Å². The van der Waals surface area contributed by atoms with Crippen LogP contribution in [0.3, 0.4) is 0 Å². The van der Waals surface area contributed by atoms with E-state index >= 15 is 0 Å². The van der Waals surface area contributed by atoms with Gasteiger partial charge in [0.25, 0.3) is 0 Å². The summed E-state index contributed by atoms with van der Waals surface area (Å²) in [5.74, 6) is 0.916. The fourth-order valence-electron chi connectivity index (χ4n) is 3.32. The van der Waals surface area contributed by atoms with E-state index in [2.05, 4.69) is 11.8 Å². The molecule has 2 heterocycles. The second-order valence-electron chi connectivity index (χ2n) is 6.00. The highest BCUT2D eigenvalue weighted by atomic mass is 15.3. The third kappa shape index (κ3) is 4.06. The number of nitrogens with one attached hydrogen (secondary N) is 1. The molecule has 2 aliphatic rings. The molecule has 0 aromatic rings. The predicted octanol–water partition coefficient (Wildman–Crippen LogP) is 1.52. The summed E-state index contributed by atoms with van der Waals surface area (Å²) in [5.41, 5.74) is 0. The highest BCUT2D eigenvalue weighted by molar-refractivity contribution is 4.63.